The molecule has 100 valence electrons. The van der Waals surface area contributed by atoms with Crippen molar-refractivity contribution in [2.45, 2.75) is 6.10 Å². The Bertz CT molecular complexity index is 750. The zero-order valence-electron chi connectivity index (χ0n) is 10.6. The average molecular weight is 302 g/mol. The molecule has 2 aromatic carbocycles. The summed E-state index contributed by atoms with van der Waals surface area (Å²) in [5, 5.41) is 5.37. The predicted molar refractivity (Wildman–Crippen MR) is 85.1 cm³/mol. The smallest absolute Gasteiger partial charge is 0.150 e. The Hall–Kier alpha value is -1.71. The molecule has 0 spiro atoms. The lowest BCUT2D eigenvalue weighted by Gasteiger charge is -2.26. The fourth-order valence-corrected chi connectivity index (χ4v) is 3.71. The van der Waals surface area contributed by atoms with Crippen LogP contribution < -0.4 is 10.1 Å². The van der Waals surface area contributed by atoms with E-state index in [0.717, 1.165) is 18.0 Å². The van der Waals surface area contributed by atoms with E-state index in [-0.39, 0.29) is 6.10 Å². The molecular weight excluding hydrogens is 290 g/mol. The van der Waals surface area contributed by atoms with Gasteiger partial charge in [-0.2, -0.15) is 0 Å². The number of hydrogen-bond donors (Lipinski definition) is 1. The van der Waals surface area contributed by atoms with Gasteiger partial charge in [0, 0.05) is 20.7 Å². The third-order valence-electron chi connectivity index (χ3n) is 3.45. The van der Waals surface area contributed by atoms with Crippen molar-refractivity contribution in [2.75, 3.05) is 11.9 Å². The maximum atomic E-state index is 6.09. The second-order valence-corrected chi connectivity index (χ2v) is 6.37. The summed E-state index contributed by atoms with van der Waals surface area (Å²) in [6.07, 6.45) is 0.0402. The normalized spacial score (nSPS) is 17.4. The summed E-state index contributed by atoms with van der Waals surface area (Å²) in [6.45, 7) is 0.779. The topological polar surface area (TPSA) is 21.3 Å². The molecule has 1 N–H and O–H groups in total. The van der Waals surface area contributed by atoms with E-state index in [1.807, 2.05) is 18.2 Å². The molecule has 0 fully saturated rings. The molecule has 0 radical (unpaired) electrons. The van der Waals surface area contributed by atoms with E-state index >= 15 is 0 Å². The molecular formula is C16H12ClNOS. The van der Waals surface area contributed by atoms with Gasteiger partial charge >= 0.3 is 0 Å². The Morgan fingerprint density at radius 1 is 1.15 bits per heavy atom. The van der Waals surface area contributed by atoms with Gasteiger partial charge in [0.1, 0.15) is 5.75 Å². The highest BCUT2D eigenvalue weighted by atomic mass is 35.5. The van der Waals surface area contributed by atoms with E-state index in [9.17, 15) is 0 Å². The average Bonchev–Trinajstić information content (AvgIpc) is 2.90. The second-order valence-electron chi connectivity index (χ2n) is 4.81. The van der Waals surface area contributed by atoms with Gasteiger partial charge in [-0.3, -0.25) is 0 Å². The molecule has 0 aliphatic carbocycles. The van der Waals surface area contributed by atoms with Gasteiger partial charge in [0.25, 0.3) is 0 Å². The highest BCUT2D eigenvalue weighted by Gasteiger charge is 2.22. The van der Waals surface area contributed by atoms with Crippen LogP contribution in [0.15, 0.2) is 48.5 Å². The van der Waals surface area contributed by atoms with E-state index < -0.39 is 0 Å². The van der Waals surface area contributed by atoms with Crippen molar-refractivity contribution in [2.24, 2.45) is 0 Å². The van der Waals surface area contributed by atoms with Gasteiger partial charge in [0.15, 0.2) is 6.10 Å². The molecule has 2 heterocycles. The predicted octanol–water partition coefficient (Wildman–Crippen LogP) is 5.10. The Morgan fingerprint density at radius 2 is 2.05 bits per heavy atom. The van der Waals surface area contributed by atoms with Crippen LogP contribution in [-0.4, -0.2) is 6.54 Å². The van der Waals surface area contributed by atoms with Crippen LogP contribution >= 0.6 is 22.9 Å². The molecule has 0 saturated carbocycles. The quantitative estimate of drug-likeness (QED) is 0.675. The maximum absolute atomic E-state index is 6.09. The van der Waals surface area contributed by atoms with Crippen molar-refractivity contribution < 1.29 is 4.74 Å². The minimum Gasteiger partial charge on any atom is -0.481 e. The maximum Gasteiger partial charge on any atom is 0.150 e. The first-order chi connectivity index (χ1) is 9.79. The first kappa shape index (κ1) is 12.1. The molecule has 4 rings (SSSR count). The monoisotopic (exact) mass is 301 g/mol. The van der Waals surface area contributed by atoms with Gasteiger partial charge in [-0.05, 0) is 29.7 Å². The van der Waals surface area contributed by atoms with Crippen LogP contribution in [0.4, 0.5) is 5.69 Å². The molecule has 0 bridgehead atoms. The van der Waals surface area contributed by atoms with E-state index in [2.05, 4.69) is 35.6 Å². The molecule has 4 heteroatoms. The van der Waals surface area contributed by atoms with Crippen molar-refractivity contribution >= 4 is 38.7 Å². The van der Waals surface area contributed by atoms with E-state index in [0.29, 0.717) is 5.02 Å². The summed E-state index contributed by atoms with van der Waals surface area (Å²) in [5.41, 5.74) is 1.01. The highest BCUT2D eigenvalue weighted by Crippen LogP contribution is 2.39. The highest BCUT2D eigenvalue weighted by molar-refractivity contribution is 7.19. The molecule has 1 aromatic heterocycles. The zero-order chi connectivity index (χ0) is 13.5. The largest absolute Gasteiger partial charge is 0.481 e. The molecule has 1 aliphatic rings. The third-order valence-corrected chi connectivity index (χ3v) is 4.90. The molecule has 0 amide bonds. The molecule has 1 aliphatic heterocycles. The Kier molecular flexibility index (Phi) is 2.83. The summed E-state index contributed by atoms with van der Waals surface area (Å²) in [6, 6.07) is 16.3. The van der Waals surface area contributed by atoms with Gasteiger partial charge in [-0.1, -0.05) is 29.8 Å². The summed E-state index contributed by atoms with van der Waals surface area (Å²) >= 11 is 7.81. The molecule has 3 aromatic rings. The molecule has 1 unspecified atom stereocenters. The SMILES string of the molecule is Clc1ccc2c(c1)OC(c1cc3ccccc3s1)CN2. The molecule has 20 heavy (non-hydrogen) atoms. The van der Waals surface area contributed by atoms with Crippen LogP contribution in [0.2, 0.25) is 5.02 Å². The Morgan fingerprint density at radius 3 is 2.95 bits per heavy atom. The zero-order valence-corrected chi connectivity index (χ0v) is 12.2. The number of anilines is 1. The van der Waals surface area contributed by atoms with E-state index in [1.54, 1.807) is 11.3 Å². The summed E-state index contributed by atoms with van der Waals surface area (Å²) in [4.78, 5) is 1.24. The van der Waals surface area contributed by atoms with Crippen molar-refractivity contribution in [3.8, 4) is 5.75 Å². The summed E-state index contributed by atoms with van der Waals surface area (Å²) in [7, 11) is 0. The van der Waals surface area contributed by atoms with Crippen LogP contribution in [0, 0.1) is 0 Å². The van der Waals surface area contributed by atoms with E-state index in [4.69, 9.17) is 16.3 Å². The summed E-state index contributed by atoms with van der Waals surface area (Å²) < 4.78 is 7.39. The van der Waals surface area contributed by atoms with Gasteiger partial charge in [-0.15, -0.1) is 11.3 Å². The van der Waals surface area contributed by atoms with Crippen molar-refractivity contribution in [3.05, 3.63) is 58.4 Å². The molecule has 0 saturated heterocycles. The van der Waals surface area contributed by atoms with E-state index in [1.165, 1.54) is 15.0 Å². The first-order valence-electron chi connectivity index (χ1n) is 6.48. The number of ether oxygens (including phenoxy) is 1. The van der Waals surface area contributed by atoms with Crippen LogP contribution in [0.25, 0.3) is 10.1 Å². The van der Waals surface area contributed by atoms with Crippen molar-refractivity contribution in [1.29, 1.82) is 0 Å². The second kappa shape index (κ2) is 4.69. The van der Waals surface area contributed by atoms with Crippen LogP contribution in [0.5, 0.6) is 5.75 Å². The van der Waals surface area contributed by atoms with Gasteiger partial charge < -0.3 is 10.1 Å². The van der Waals surface area contributed by atoms with Gasteiger partial charge in [0.05, 0.1) is 12.2 Å². The van der Waals surface area contributed by atoms with Crippen LogP contribution in [0.1, 0.15) is 11.0 Å². The number of rotatable bonds is 1. The number of benzene rings is 2. The van der Waals surface area contributed by atoms with Crippen molar-refractivity contribution in [1.82, 2.24) is 0 Å². The lowest BCUT2D eigenvalue weighted by Crippen LogP contribution is -2.22. The molecule has 1 atom stereocenters. The minimum atomic E-state index is 0.0402. The number of halogens is 1. The standard InChI is InChI=1S/C16H12ClNOS/c17-11-5-6-12-13(8-11)19-14(9-18-12)16-7-10-3-1-2-4-15(10)20-16/h1-8,14,18H,9H2. The Labute approximate surface area is 126 Å². The number of nitrogens with one attached hydrogen (secondary N) is 1. The number of hydrogen-bond acceptors (Lipinski definition) is 3. The summed E-state index contributed by atoms with van der Waals surface area (Å²) in [5.74, 6) is 0.825. The lowest BCUT2D eigenvalue weighted by atomic mass is 10.2. The number of thiophene rings is 1. The minimum absolute atomic E-state index is 0.0402. The third kappa shape index (κ3) is 2.03. The van der Waals surface area contributed by atoms with Crippen LogP contribution in [0.3, 0.4) is 0 Å². The first-order valence-corrected chi connectivity index (χ1v) is 7.67. The van der Waals surface area contributed by atoms with Crippen LogP contribution in [-0.2, 0) is 0 Å². The fraction of sp³-hybridized carbons (Fsp3) is 0.125. The lowest BCUT2D eigenvalue weighted by molar-refractivity contribution is 0.214. The molecule has 2 nitrogen and oxygen atoms in total. The van der Waals surface area contributed by atoms with Gasteiger partial charge in [0.2, 0.25) is 0 Å². The fourth-order valence-electron chi connectivity index (χ4n) is 2.46. The van der Waals surface area contributed by atoms with Crippen molar-refractivity contribution in [3.63, 3.8) is 0 Å². The van der Waals surface area contributed by atoms with Gasteiger partial charge in [-0.25, -0.2) is 0 Å². The Balaban J connectivity index is 1.70. The number of fused-ring (bicyclic) bond motifs is 2.